The van der Waals surface area contributed by atoms with Crippen LogP contribution in [0.2, 0.25) is 0 Å². The standard InChI is InChI=1S/C15H18N2O2/c1-15(2,3)17-9-12(10-18)14(16-17)11-6-5-7-13(8-11)19-4/h5-10H,1-4H3. The van der Waals surface area contributed by atoms with Crippen molar-refractivity contribution in [1.29, 1.82) is 0 Å². The summed E-state index contributed by atoms with van der Waals surface area (Å²) in [5.41, 5.74) is 1.99. The van der Waals surface area contributed by atoms with E-state index in [-0.39, 0.29) is 5.54 Å². The molecule has 0 unspecified atom stereocenters. The molecular weight excluding hydrogens is 240 g/mol. The van der Waals surface area contributed by atoms with Crippen LogP contribution in [0.1, 0.15) is 31.1 Å². The van der Waals surface area contributed by atoms with E-state index in [0.717, 1.165) is 17.6 Å². The predicted molar refractivity (Wildman–Crippen MR) is 74.6 cm³/mol. The van der Waals surface area contributed by atoms with Gasteiger partial charge in [-0.05, 0) is 32.9 Å². The molecule has 0 saturated carbocycles. The van der Waals surface area contributed by atoms with Crippen LogP contribution in [0.4, 0.5) is 0 Å². The number of aldehydes is 1. The van der Waals surface area contributed by atoms with Crippen molar-refractivity contribution in [1.82, 2.24) is 9.78 Å². The van der Waals surface area contributed by atoms with Crippen molar-refractivity contribution in [2.75, 3.05) is 7.11 Å². The molecule has 19 heavy (non-hydrogen) atoms. The Bertz CT molecular complexity index is 594. The third-order valence-corrected chi connectivity index (χ3v) is 2.90. The van der Waals surface area contributed by atoms with E-state index in [2.05, 4.69) is 5.10 Å². The normalized spacial score (nSPS) is 11.4. The van der Waals surface area contributed by atoms with E-state index in [0.29, 0.717) is 11.3 Å². The lowest BCUT2D eigenvalue weighted by atomic mass is 10.1. The van der Waals surface area contributed by atoms with E-state index in [1.807, 2.05) is 49.7 Å². The lowest BCUT2D eigenvalue weighted by Crippen LogP contribution is -2.22. The van der Waals surface area contributed by atoms with Crippen molar-refractivity contribution < 1.29 is 9.53 Å². The highest BCUT2D eigenvalue weighted by atomic mass is 16.5. The van der Waals surface area contributed by atoms with Gasteiger partial charge in [0.2, 0.25) is 0 Å². The Kier molecular flexibility index (Phi) is 3.42. The maximum atomic E-state index is 11.2. The minimum atomic E-state index is -0.158. The van der Waals surface area contributed by atoms with Crippen LogP contribution in [0, 0.1) is 0 Å². The molecule has 0 radical (unpaired) electrons. The van der Waals surface area contributed by atoms with E-state index in [1.54, 1.807) is 13.3 Å². The molecule has 0 amide bonds. The quantitative estimate of drug-likeness (QED) is 0.794. The zero-order valence-electron chi connectivity index (χ0n) is 11.7. The average molecular weight is 258 g/mol. The number of carbonyl (C=O) groups is 1. The van der Waals surface area contributed by atoms with Gasteiger partial charge in [0.25, 0.3) is 0 Å². The second-order valence-electron chi connectivity index (χ2n) is 5.40. The molecule has 0 N–H and O–H groups in total. The van der Waals surface area contributed by atoms with E-state index in [1.165, 1.54) is 0 Å². The lowest BCUT2D eigenvalue weighted by Gasteiger charge is -2.18. The summed E-state index contributed by atoms with van der Waals surface area (Å²) < 4.78 is 7.01. The Morgan fingerprint density at radius 3 is 2.63 bits per heavy atom. The number of carbonyl (C=O) groups excluding carboxylic acids is 1. The van der Waals surface area contributed by atoms with Crippen LogP contribution in [-0.2, 0) is 5.54 Å². The van der Waals surface area contributed by atoms with E-state index >= 15 is 0 Å². The summed E-state index contributed by atoms with van der Waals surface area (Å²) in [7, 11) is 1.62. The molecule has 0 fully saturated rings. The topological polar surface area (TPSA) is 44.1 Å². The first-order valence-corrected chi connectivity index (χ1v) is 6.15. The van der Waals surface area contributed by atoms with Crippen LogP contribution >= 0.6 is 0 Å². The van der Waals surface area contributed by atoms with Crippen molar-refractivity contribution in [3.05, 3.63) is 36.0 Å². The largest absolute Gasteiger partial charge is 0.497 e. The first-order valence-electron chi connectivity index (χ1n) is 6.15. The second-order valence-corrected chi connectivity index (χ2v) is 5.40. The third kappa shape index (κ3) is 2.67. The van der Waals surface area contributed by atoms with Crippen LogP contribution in [0.3, 0.4) is 0 Å². The van der Waals surface area contributed by atoms with Crippen LogP contribution < -0.4 is 4.74 Å². The van der Waals surface area contributed by atoms with Gasteiger partial charge in [-0.15, -0.1) is 0 Å². The zero-order chi connectivity index (χ0) is 14.0. The third-order valence-electron chi connectivity index (χ3n) is 2.90. The van der Waals surface area contributed by atoms with Crippen molar-refractivity contribution in [3.8, 4) is 17.0 Å². The van der Waals surface area contributed by atoms with Gasteiger partial charge in [-0.2, -0.15) is 5.10 Å². The van der Waals surface area contributed by atoms with Crippen molar-refractivity contribution in [2.45, 2.75) is 26.3 Å². The number of ether oxygens (including phenoxy) is 1. The van der Waals surface area contributed by atoms with Gasteiger partial charge < -0.3 is 4.74 Å². The number of aromatic nitrogens is 2. The fraction of sp³-hybridized carbons (Fsp3) is 0.333. The molecule has 1 aromatic carbocycles. The van der Waals surface area contributed by atoms with Gasteiger partial charge in [-0.3, -0.25) is 9.48 Å². The van der Waals surface area contributed by atoms with E-state index < -0.39 is 0 Å². The first kappa shape index (κ1) is 13.3. The summed E-state index contributed by atoms with van der Waals surface area (Å²) >= 11 is 0. The number of rotatable bonds is 3. The van der Waals surface area contributed by atoms with Gasteiger partial charge in [0.15, 0.2) is 6.29 Å². The number of methoxy groups -OCH3 is 1. The van der Waals surface area contributed by atoms with Crippen LogP contribution in [0.5, 0.6) is 5.75 Å². The molecule has 0 atom stereocenters. The van der Waals surface area contributed by atoms with Crippen LogP contribution in [0.15, 0.2) is 30.5 Å². The summed E-state index contributed by atoms with van der Waals surface area (Å²) in [5, 5.41) is 4.53. The highest BCUT2D eigenvalue weighted by Gasteiger charge is 2.18. The summed E-state index contributed by atoms with van der Waals surface area (Å²) in [6.45, 7) is 6.14. The minimum Gasteiger partial charge on any atom is -0.497 e. The number of hydrogen-bond donors (Lipinski definition) is 0. The summed E-state index contributed by atoms with van der Waals surface area (Å²) in [5.74, 6) is 0.750. The molecule has 1 aromatic heterocycles. The summed E-state index contributed by atoms with van der Waals surface area (Å²) in [6, 6.07) is 7.55. The molecule has 0 saturated heterocycles. The van der Waals surface area contributed by atoms with Gasteiger partial charge in [0.1, 0.15) is 11.4 Å². The average Bonchev–Trinajstić information content (AvgIpc) is 2.83. The number of nitrogens with zero attached hydrogens (tertiary/aromatic N) is 2. The molecule has 4 heteroatoms. The van der Waals surface area contributed by atoms with Gasteiger partial charge in [0, 0.05) is 11.8 Å². The van der Waals surface area contributed by atoms with E-state index in [9.17, 15) is 4.79 Å². The second kappa shape index (κ2) is 4.88. The fourth-order valence-corrected chi connectivity index (χ4v) is 1.81. The Morgan fingerprint density at radius 2 is 2.05 bits per heavy atom. The Labute approximate surface area is 113 Å². The summed E-state index contributed by atoms with van der Waals surface area (Å²) in [6.07, 6.45) is 2.62. The fourth-order valence-electron chi connectivity index (χ4n) is 1.81. The van der Waals surface area contributed by atoms with Gasteiger partial charge in [-0.25, -0.2) is 0 Å². The Hall–Kier alpha value is -2.10. The monoisotopic (exact) mass is 258 g/mol. The molecule has 4 nitrogen and oxygen atoms in total. The van der Waals surface area contributed by atoms with Crippen molar-refractivity contribution >= 4 is 6.29 Å². The molecule has 100 valence electrons. The van der Waals surface area contributed by atoms with Gasteiger partial charge in [0.05, 0.1) is 18.2 Å². The molecule has 0 aliphatic rings. The van der Waals surface area contributed by atoms with E-state index in [4.69, 9.17) is 4.74 Å². The molecular formula is C15H18N2O2. The van der Waals surface area contributed by atoms with Crippen LogP contribution in [-0.4, -0.2) is 23.2 Å². The maximum absolute atomic E-state index is 11.2. The molecule has 0 aliphatic heterocycles. The highest BCUT2D eigenvalue weighted by molar-refractivity contribution is 5.85. The van der Waals surface area contributed by atoms with Gasteiger partial charge in [-0.1, -0.05) is 12.1 Å². The molecule has 2 rings (SSSR count). The predicted octanol–water partition coefficient (Wildman–Crippen LogP) is 3.13. The molecule has 0 bridgehead atoms. The maximum Gasteiger partial charge on any atom is 0.153 e. The SMILES string of the molecule is COc1cccc(-c2nn(C(C)(C)C)cc2C=O)c1. The first-order chi connectivity index (χ1) is 8.95. The lowest BCUT2D eigenvalue weighted by molar-refractivity contribution is 0.112. The number of hydrogen-bond acceptors (Lipinski definition) is 3. The molecule has 0 aliphatic carbocycles. The Morgan fingerprint density at radius 1 is 1.32 bits per heavy atom. The Balaban J connectivity index is 2.54. The highest BCUT2D eigenvalue weighted by Crippen LogP contribution is 2.26. The smallest absolute Gasteiger partial charge is 0.153 e. The van der Waals surface area contributed by atoms with Crippen molar-refractivity contribution in [2.24, 2.45) is 0 Å². The number of benzene rings is 1. The minimum absolute atomic E-state index is 0.158. The zero-order valence-corrected chi connectivity index (χ0v) is 11.7. The van der Waals surface area contributed by atoms with Crippen molar-refractivity contribution in [3.63, 3.8) is 0 Å². The molecule has 2 aromatic rings. The molecule has 0 spiro atoms. The molecule has 1 heterocycles. The van der Waals surface area contributed by atoms with Gasteiger partial charge >= 0.3 is 0 Å². The summed E-state index contributed by atoms with van der Waals surface area (Å²) in [4.78, 5) is 11.2. The van der Waals surface area contributed by atoms with Crippen LogP contribution in [0.25, 0.3) is 11.3 Å².